The van der Waals surface area contributed by atoms with Crippen LogP contribution in [0.25, 0.3) is 0 Å². The fraction of sp³-hybridized carbons (Fsp3) is 0.417. The van der Waals surface area contributed by atoms with Gasteiger partial charge >= 0.3 is 5.97 Å². The van der Waals surface area contributed by atoms with Crippen molar-refractivity contribution in [2.24, 2.45) is 0 Å². The van der Waals surface area contributed by atoms with Crippen molar-refractivity contribution in [1.82, 2.24) is 9.97 Å². The van der Waals surface area contributed by atoms with Gasteiger partial charge in [-0.2, -0.15) is 9.97 Å². The third-order valence-corrected chi connectivity index (χ3v) is 6.20. The number of hydrogen-bond acceptors (Lipinski definition) is 8. The highest BCUT2D eigenvalue weighted by Crippen LogP contribution is 2.36. The number of aliphatic carboxylic acids is 1. The van der Waals surface area contributed by atoms with Crippen LogP contribution in [0.3, 0.4) is 0 Å². The summed E-state index contributed by atoms with van der Waals surface area (Å²) < 4.78 is 10.3. The maximum absolute atomic E-state index is 11.4. The zero-order chi connectivity index (χ0) is 15.2. The molecule has 0 amide bonds. The van der Waals surface area contributed by atoms with Crippen LogP contribution < -0.4 is 9.47 Å². The van der Waals surface area contributed by atoms with Crippen LogP contribution in [-0.4, -0.2) is 51.4 Å². The average Bonchev–Trinajstić information content (AvgIpc) is 2.99. The van der Waals surface area contributed by atoms with E-state index >= 15 is 0 Å². The van der Waals surface area contributed by atoms with E-state index in [1.165, 1.54) is 20.3 Å². The summed E-state index contributed by atoms with van der Waals surface area (Å²) >= 11 is 4.46. The number of rotatable bonds is 6. The van der Waals surface area contributed by atoms with Gasteiger partial charge in [0.1, 0.15) is 0 Å². The Morgan fingerprint density at radius 3 is 2.38 bits per heavy atom. The first-order valence-electron chi connectivity index (χ1n) is 5.95. The minimum absolute atomic E-state index is 0.163. The molecule has 21 heavy (non-hydrogen) atoms. The monoisotopic (exact) mass is 346 g/mol. The molecule has 9 heteroatoms. The molecule has 1 saturated heterocycles. The number of ether oxygens (including phenoxy) is 2. The highest BCUT2D eigenvalue weighted by molar-refractivity contribution is 8.20. The Kier molecular flexibility index (Phi) is 6.07. The number of carboxylic acid groups (broad SMARTS) is 1. The molecule has 0 spiro atoms. The summed E-state index contributed by atoms with van der Waals surface area (Å²) in [4.78, 5) is 19.8. The standard InChI is InChI=1S/C12H14N2O4S3/c1-17-8-6-9(18-2)14-12(13-8)21-7(11(15)16)5-10-19-3-4-20-10/h5-6,10H,3-4H2,1-2H3,(H,15,16). The van der Waals surface area contributed by atoms with Crippen molar-refractivity contribution < 1.29 is 19.4 Å². The molecule has 1 aromatic rings. The Balaban J connectivity index is 2.21. The van der Waals surface area contributed by atoms with Crippen molar-refractivity contribution >= 4 is 41.3 Å². The lowest BCUT2D eigenvalue weighted by Gasteiger charge is -2.07. The van der Waals surface area contributed by atoms with Crippen LogP contribution in [0.5, 0.6) is 11.8 Å². The molecule has 2 heterocycles. The molecule has 114 valence electrons. The zero-order valence-electron chi connectivity index (χ0n) is 11.4. The van der Waals surface area contributed by atoms with Gasteiger partial charge in [0.05, 0.1) is 29.8 Å². The van der Waals surface area contributed by atoms with Crippen LogP contribution in [0.2, 0.25) is 0 Å². The molecule has 2 rings (SSSR count). The number of aromatic nitrogens is 2. The molecule has 1 N–H and O–H groups in total. The lowest BCUT2D eigenvalue weighted by Crippen LogP contribution is -2.02. The number of nitrogens with zero attached hydrogens (tertiary/aromatic N) is 2. The molecule has 0 aliphatic carbocycles. The van der Waals surface area contributed by atoms with E-state index < -0.39 is 5.97 Å². The summed E-state index contributed by atoms with van der Waals surface area (Å²) in [5.74, 6) is 1.75. The van der Waals surface area contributed by atoms with Gasteiger partial charge in [-0.15, -0.1) is 23.5 Å². The van der Waals surface area contributed by atoms with Gasteiger partial charge in [0.25, 0.3) is 0 Å². The summed E-state index contributed by atoms with van der Waals surface area (Å²) in [7, 11) is 2.96. The summed E-state index contributed by atoms with van der Waals surface area (Å²) in [5.41, 5.74) is 0. The predicted molar refractivity (Wildman–Crippen MR) is 85.4 cm³/mol. The first-order valence-corrected chi connectivity index (χ1v) is 8.87. The quantitative estimate of drug-likeness (QED) is 0.474. The van der Waals surface area contributed by atoms with E-state index in [-0.39, 0.29) is 14.6 Å². The van der Waals surface area contributed by atoms with Gasteiger partial charge in [-0.3, -0.25) is 0 Å². The van der Waals surface area contributed by atoms with E-state index in [1.807, 2.05) is 0 Å². The smallest absolute Gasteiger partial charge is 0.342 e. The normalized spacial score (nSPS) is 16.0. The average molecular weight is 346 g/mol. The Bertz CT molecular complexity index is 525. The third kappa shape index (κ3) is 4.72. The van der Waals surface area contributed by atoms with Crippen LogP contribution in [0.4, 0.5) is 0 Å². The molecule has 0 saturated carbocycles. The molecule has 0 atom stereocenters. The van der Waals surface area contributed by atoms with Crippen molar-refractivity contribution in [1.29, 1.82) is 0 Å². The Labute approximate surface area is 135 Å². The topological polar surface area (TPSA) is 81.5 Å². The van der Waals surface area contributed by atoms with E-state index in [9.17, 15) is 9.90 Å². The number of carboxylic acids is 1. The molecule has 1 fully saturated rings. The van der Waals surface area contributed by atoms with Crippen molar-refractivity contribution in [2.75, 3.05) is 25.7 Å². The number of thioether (sulfide) groups is 3. The lowest BCUT2D eigenvalue weighted by atomic mass is 10.5. The first kappa shape index (κ1) is 16.3. The molecule has 0 bridgehead atoms. The van der Waals surface area contributed by atoms with Gasteiger partial charge in [-0.1, -0.05) is 0 Å². The fourth-order valence-electron chi connectivity index (χ4n) is 1.48. The first-order chi connectivity index (χ1) is 10.1. The molecule has 0 unspecified atom stereocenters. The summed E-state index contributed by atoms with van der Waals surface area (Å²) in [6.07, 6.45) is 1.74. The Hall–Kier alpha value is -1.06. The van der Waals surface area contributed by atoms with Crippen LogP contribution in [0, 0.1) is 0 Å². The third-order valence-electron chi connectivity index (χ3n) is 2.42. The summed E-state index contributed by atoms with van der Waals surface area (Å²) in [6.45, 7) is 0. The van der Waals surface area contributed by atoms with Gasteiger partial charge in [0.15, 0.2) is 5.16 Å². The summed E-state index contributed by atoms with van der Waals surface area (Å²) in [5, 5.41) is 9.61. The molecule has 0 radical (unpaired) electrons. The number of hydrogen-bond donors (Lipinski definition) is 1. The highest BCUT2D eigenvalue weighted by atomic mass is 32.2. The maximum atomic E-state index is 11.4. The van der Waals surface area contributed by atoms with Crippen molar-refractivity contribution in [2.45, 2.75) is 9.74 Å². The molecular weight excluding hydrogens is 332 g/mol. The Morgan fingerprint density at radius 1 is 1.33 bits per heavy atom. The highest BCUT2D eigenvalue weighted by Gasteiger charge is 2.19. The van der Waals surface area contributed by atoms with Gasteiger partial charge < -0.3 is 14.6 Å². The van der Waals surface area contributed by atoms with Crippen LogP contribution in [-0.2, 0) is 4.79 Å². The van der Waals surface area contributed by atoms with E-state index in [2.05, 4.69) is 9.97 Å². The molecular formula is C12H14N2O4S3. The van der Waals surface area contributed by atoms with Crippen LogP contribution in [0.15, 0.2) is 22.2 Å². The van der Waals surface area contributed by atoms with Gasteiger partial charge in [-0.05, 0) is 17.8 Å². The van der Waals surface area contributed by atoms with E-state index in [0.29, 0.717) is 11.8 Å². The van der Waals surface area contributed by atoms with Gasteiger partial charge in [0, 0.05) is 11.5 Å². The lowest BCUT2D eigenvalue weighted by molar-refractivity contribution is -0.131. The molecule has 6 nitrogen and oxygen atoms in total. The zero-order valence-corrected chi connectivity index (χ0v) is 13.9. The maximum Gasteiger partial charge on any atom is 0.342 e. The van der Waals surface area contributed by atoms with Crippen molar-refractivity contribution in [3.63, 3.8) is 0 Å². The molecule has 1 aliphatic rings. The van der Waals surface area contributed by atoms with Gasteiger partial charge in [-0.25, -0.2) is 4.79 Å². The summed E-state index contributed by atoms with van der Waals surface area (Å²) in [6, 6.07) is 1.54. The second-order valence-electron chi connectivity index (χ2n) is 3.78. The number of methoxy groups -OCH3 is 2. The second-order valence-corrected chi connectivity index (χ2v) is 7.59. The Morgan fingerprint density at radius 2 is 1.90 bits per heavy atom. The largest absolute Gasteiger partial charge is 0.481 e. The SMILES string of the molecule is COc1cc(OC)nc(SC(=CC2SCCS2)C(=O)O)n1. The predicted octanol–water partition coefficient (Wildman–Crippen LogP) is 2.36. The van der Waals surface area contributed by atoms with Crippen molar-refractivity contribution in [3.05, 3.63) is 17.0 Å². The van der Waals surface area contributed by atoms with Crippen LogP contribution >= 0.6 is 35.3 Å². The van der Waals surface area contributed by atoms with Crippen LogP contribution in [0.1, 0.15) is 0 Å². The minimum Gasteiger partial charge on any atom is -0.481 e. The minimum atomic E-state index is -0.988. The van der Waals surface area contributed by atoms with Gasteiger partial charge in [0.2, 0.25) is 11.8 Å². The fourth-order valence-corrected chi connectivity index (χ4v) is 5.08. The van der Waals surface area contributed by atoms with E-state index in [1.54, 1.807) is 29.6 Å². The van der Waals surface area contributed by atoms with E-state index in [0.717, 1.165) is 23.3 Å². The number of carbonyl (C=O) groups is 1. The second kappa shape index (κ2) is 7.81. The molecule has 1 aromatic heterocycles. The molecule has 0 aromatic carbocycles. The van der Waals surface area contributed by atoms with E-state index in [4.69, 9.17) is 9.47 Å². The van der Waals surface area contributed by atoms with Crippen molar-refractivity contribution in [3.8, 4) is 11.8 Å². The molecule has 1 aliphatic heterocycles.